The van der Waals surface area contributed by atoms with Crippen LogP contribution >= 0.6 is 0 Å². The Kier molecular flexibility index (Phi) is 3.45. The number of hydrogen-bond acceptors (Lipinski definition) is 2. The van der Waals surface area contributed by atoms with E-state index in [1.165, 1.54) is 45.3 Å². The maximum absolute atomic E-state index is 3.53. The Bertz CT molecular complexity index is 173. The van der Waals surface area contributed by atoms with Crippen LogP contribution in [0, 0.1) is 5.92 Å². The van der Waals surface area contributed by atoms with E-state index in [9.17, 15) is 0 Å². The third-order valence-electron chi connectivity index (χ3n) is 3.85. The number of piperidine rings is 1. The van der Waals surface area contributed by atoms with E-state index in [1.807, 2.05) is 0 Å². The van der Waals surface area contributed by atoms with Crippen LogP contribution < -0.4 is 5.32 Å². The first-order valence-corrected chi connectivity index (χ1v) is 6.25. The van der Waals surface area contributed by atoms with Gasteiger partial charge in [-0.15, -0.1) is 0 Å². The fourth-order valence-electron chi connectivity index (χ4n) is 3.10. The van der Waals surface area contributed by atoms with Crippen molar-refractivity contribution in [1.82, 2.24) is 10.2 Å². The highest BCUT2D eigenvalue weighted by Crippen LogP contribution is 2.27. The molecule has 1 N–H and O–H groups in total. The summed E-state index contributed by atoms with van der Waals surface area (Å²) in [5, 5.41) is 3.53. The summed E-state index contributed by atoms with van der Waals surface area (Å²) in [4.78, 5) is 2.77. The van der Waals surface area contributed by atoms with E-state index in [0.29, 0.717) is 0 Å². The minimum atomic E-state index is 0.832. The molecule has 2 aliphatic rings. The first-order chi connectivity index (χ1) is 6.79. The molecule has 2 rings (SSSR count). The van der Waals surface area contributed by atoms with Crippen LogP contribution in [0.5, 0.6) is 0 Å². The highest BCUT2D eigenvalue weighted by Gasteiger charge is 2.32. The van der Waals surface area contributed by atoms with Crippen LogP contribution in [0.1, 0.15) is 39.5 Å². The fraction of sp³-hybridized carbons (Fsp3) is 1.00. The molecule has 2 atom stereocenters. The summed E-state index contributed by atoms with van der Waals surface area (Å²) in [7, 11) is 0. The molecule has 0 aliphatic carbocycles. The summed E-state index contributed by atoms with van der Waals surface area (Å²) in [5.74, 6) is 0.833. The van der Waals surface area contributed by atoms with Crippen molar-refractivity contribution in [2.24, 2.45) is 5.92 Å². The van der Waals surface area contributed by atoms with E-state index in [-0.39, 0.29) is 0 Å². The second kappa shape index (κ2) is 4.63. The van der Waals surface area contributed by atoms with Crippen LogP contribution in [0.2, 0.25) is 0 Å². The van der Waals surface area contributed by atoms with Crippen molar-refractivity contribution in [3.05, 3.63) is 0 Å². The standard InChI is InChI=1S/C12H24N2/c1-10(2)12-6-4-8-14(12)11-5-3-7-13-9-11/h10-13H,3-9H2,1-2H3. The highest BCUT2D eigenvalue weighted by molar-refractivity contribution is 4.89. The van der Waals surface area contributed by atoms with Gasteiger partial charge in [-0.1, -0.05) is 13.8 Å². The molecular weight excluding hydrogens is 172 g/mol. The maximum atomic E-state index is 3.53. The molecule has 2 heterocycles. The number of rotatable bonds is 2. The molecule has 2 unspecified atom stereocenters. The summed E-state index contributed by atoms with van der Waals surface area (Å²) in [5.41, 5.74) is 0. The Morgan fingerprint density at radius 2 is 2.07 bits per heavy atom. The Morgan fingerprint density at radius 3 is 2.71 bits per heavy atom. The van der Waals surface area contributed by atoms with Gasteiger partial charge in [0.05, 0.1) is 0 Å². The summed E-state index contributed by atoms with van der Waals surface area (Å²) < 4.78 is 0. The van der Waals surface area contributed by atoms with Crippen LogP contribution in [0.3, 0.4) is 0 Å². The quantitative estimate of drug-likeness (QED) is 0.725. The van der Waals surface area contributed by atoms with Gasteiger partial charge in [-0.05, 0) is 44.7 Å². The van der Waals surface area contributed by atoms with Gasteiger partial charge in [-0.25, -0.2) is 0 Å². The van der Waals surface area contributed by atoms with Gasteiger partial charge in [0.2, 0.25) is 0 Å². The molecule has 0 amide bonds. The highest BCUT2D eigenvalue weighted by atomic mass is 15.2. The normalized spacial score (nSPS) is 35.4. The largest absolute Gasteiger partial charge is 0.315 e. The Balaban J connectivity index is 1.94. The third-order valence-corrected chi connectivity index (χ3v) is 3.85. The monoisotopic (exact) mass is 196 g/mol. The van der Waals surface area contributed by atoms with E-state index in [2.05, 4.69) is 24.1 Å². The minimum Gasteiger partial charge on any atom is -0.315 e. The van der Waals surface area contributed by atoms with E-state index < -0.39 is 0 Å². The average Bonchev–Trinajstić information content (AvgIpc) is 2.67. The molecule has 0 aromatic rings. The zero-order valence-corrected chi connectivity index (χ0v) is 9.63. The second-order valence-corrected chi connectivity index (χ2v) is 5.19. The fourth-order valence-corrected chi connectivity index (χ4v) is 3.10. The van der Waals surface area contributed by atoms with Crippen molar-refractivity contribution in [2.75, 3.05) is 19.6 Å². The molecule has 2 heteroatoms. The number of nitrogens with zero attached hydrogens (tertiary/aromatic N) is 1. The smallest absolute Gasteiger partial charge is 0.0224 e. The first-order valence-electron chi connectivity index (χ1n) is 6.25. The summed E-state index contributed by atoms with van der Waals surface area (Å²) >= 11 is 0. The predicted octanol–water partition coefficient (Wildman–Crippen LogP) is 1.86. The lowest BCUT2D eigenvalue weighted by Gasteiger charge is -2.37. The Morgan fingerprint density at radius 1 is 1.21 bits per heavy atom. The van der Waals surface area contributed by atoms with Gasteiger partial charge in [0.1, 0.15) is 0 Å². The zero-order valence-electron chi connectivity index (χ0n) is 9.63. The van der Waals surface area contributed by atoms with Crippen molar-refractivity contribution in [2.45, 2.75) is 51.6 Å². The molecule has 14 heavy (non-hydrogen) atoms. The second-order valence-electron chi connectivity index (χ2n) is 5.19. The number of hydrogen-bond donors (Lipinski definition) is 1. The molecular formula is C12H24N2. The van der Waals surface area contributed by atoms with Gasteiger partial charge in [-0.2, -0.15) is 0 Å². The third kappa shape index (κ3) is 2.12. The van der Waals surface area contributed by atoms with Gasteiger partial charge in [0.25, 0.3) is 0 Å². The SMILES string of the molecule is CC(C)C1CCCN1C1CCCNC1. The molecule has 2 aliphatic heterocycles. The van der Waals surface area contributed by atoms with Gasteiger partial charge < -0.3 is 5.32 Å². The Labute approximate surface area is 88.1 Å². The average molecular weight is 196 g/mol. The van der Waals surface area contributed by atoms with E-state index in [0.717, 1.165) is 18.0 Å². The molecule has 0 saturated carbocycles. The lowest BCUT2D eigenvalue weighted by atomic mass is 9.98. The molecule has 2 nitrogen and oxygen atoms in total. The molecule has 2 saturated heterocycles. The molecule has 0 radical (unpaired) electrons. The van der Waals surface area contributed by atoms with E-state index in [1.54, 1.807) is 0 Å². The van der Waals surface area contributed by atoms with E-state index >= 15 is 0 Å². The zero-order chi connectivity index (χ0) is 9.97. The Hall–Kier alpha value is -0.0800. The van der Waals surface area contributed by atoms with Gasteiger partial charge in [-0.3, -0.25) is 4.90 Å². The van der Waals surface area contributed by atoms with Gasteiger partial charge in [0, 0.05) is 18.6 Å². The van der Waals surface area contributed by atoms with Crippen LogP contribution in [-0.2, 0) is 0 Å². The predicted molar refractivity (Wildman–Crippen MR) is 60.5 cm³/mol. The molecule has 82 valence electrons. The van der Waals surface area contributed by atoms with Crippen LogP contribution in [-0.4, -0.2) is 36.6 Å². The molecule has 0 bridgehead atoms. The topological polar surface area (TPSA) is 15.3 Å². The molecule has 2 fully saturated rings. The number of likely N-dealkylation sites (tertiary alicyclic amines) is 1. The van der Waals surface area contributed by atoms with E-state index in [4.69, 9.17) is 0 Å². The van der Waals surface area contributed by atoms with Crippen molar-refractivity contribution < 1.29 is 0 Å². The van der Waals surface area contributed by atoms with Crippen LogP contribution in [0.25, 0.3) is 0 Å². The van der Waals surface area contributed by atoms with Crippen molar-refractivity contribution >= 4 is 0 Å². The molecule has 0 spiro atoms. The van der Waals surface area contributed by atoms with Gasteiger partial charge in [0.15, 0.2) is 0 Å². The minimum absolute atomic E-state index is 0.832. The van der Waals surface area contributed by atoms with Crippen molar-refractivity contribution in [3.63, 3.8) is 0 Å². The summed E-state index contributed by atoms with van der Waals surface area (Å²) in [6.45, 7) is 8.55. The molecule has 0 aromatic heterocycles. The van der Waals surface area contributed by atoms with Gasteiger partial charge >= 0.3 is 0 Å². The first kappa shape index (κ1) is 10.4. The van der Waals surface area contributed by atoms with Crippen LogP contribution in [0.4, 0.5) is 0 Å². The summed E-state index contributed by atoms with van der Waals surface area (Å²) in [6.07, 6.45) is 5.62. The number of nitrogens with one attached hydrogen (secondary N) is 1. The van der Waals surface area contributed by atoms with Crippen LogP contribution in [0.15, 0.2) is 0 Å². The van der Waals surface area contributed by atoms with Crippen molar-refractivity contribution in [1.29, 1.82) is 0 Å². The lowest BCUT2D eigenvalue weighted by molar-refractivity contribution is 0.124. The molecule has 0 aromatic carbocycles. The summed E-state index contributed by atoms with van der Waals surface area (Å²) in [6, 6.07) is 1.69. The maximum Gasteiger partial charge on any atom is 0.0224 e. The lowest BCUT2D eigenvalue weighted by Crippen LogP contribution is -2.49. The van der Waals surface area contributed by atoms with Crippen molar-refractivity contribution in [3.8, 4) is 0 Å².